The van der Waals surface area contributed by atoms with Gasteiger partial charge in [-0.3, -0.25) is 4.79 Å². The first-order valence-corrected chi connectivity index (χ1v) is 9.08. The molecule has 0 spiro atoms. The highest BCUT2D eigenvalue weighted by Crippen LogP contribution is 2.21. The molecule has 0 aliphatic carbocycles. The van der Waals surface area contributed by atoms with Crippen LogP contribution in [0.15, 0.2) is 33.7 Å². The zero-order valence-electron chi connectivity index (χ0n) is 13.2. The molecule has 2 heterocycles. The summed E-state index contributed by atoms with van der Waals surface area (Å²) in [4.78, 5) is 16.3. The molecule has 2 aromatic rings. The molecule has 0 bridgehead atoms. The average molecular weight is 350 g/mol. The number of rotatable bonds is 5. The van der Waals surface area contributed by atoms with Crippen molar-refractivity contribution in [3.8, 4) is 0 Å². The molecule has 0 unspecified atom stereocenters. The van der Waals surface area contributed by atoms with Gasteiger partial charge in [0, 0.05) is 18.7 Å². The molecule has 1 aliphatic rings. The van der Waals surface area contributed by atoms with Crippen LogP contribution in [0.2, 0.25) is 0 Å². The summed E-state index contributed by atoms with van der Waals surface area (Å²) >= 11 is 0. The largest absolute Gasteiger partial charge is 0.343 e. The van der Waals surface area contributed by atoms with E-state index < -0.39 is 10.0 Å². The van der Waals surface area contributed by atoms with Crippen LogP contribution in [0.25, 0.3) is 0 Å². The summed E-state index contributed by atoms with van der Waals surface area (Å²) in [6.07, 6.45) is 1.77. The fourth-order valence-corrected chi connectivity index (χ4v) is 4.04. The summed E-state index contributed by atoms with van der Waals surface area (Å²) in [6.45, 7) is 2.91. The third kappa shape index (κ3) is 3.46. The van der Waals surface area contributed by atoms with Crippen LogP contribution in [0.4, 0.5) is 0 Å². The minimum atomic E-state index is -3.47. The predicted molar refractivity (Wildman–Crippen MR) is 84.6 cm³/mol. The van der Waals surface area contributed by atoms with Crippen LogP contribution < -0.4 is 5.32 Å². The van der Waals surface area contributed by atoms with Gasteiger partial charge in [-0.2, -0.15) is 9.29 Å². The second-order valence-electron chi connectivity index (χ2n) is 5.55. The topological polar surface area (TPSA) is 105 Å². The van der Waals surface area contributed by atoms with Crippen LogP contribution in [0.5, 0.6) is 0 Å². The number of hydrogen-bond acceptors (Lipinski definition) is 6. The highest BCUT2D eigenvalue weighted by Gasteiger charge is 2.27. The standard InChI is InChI=1S/C15H18N4O4S/c1-11-17-14(23-18-11)10-16-15(20)12-4-6-13(7-5-12)24(21,22)19-8-2-3-9-19/h4-7H,2-3,8-10H2,1H3,(H,16,20). The number of nitrogens with zero attached hydrogens (tertiary/aromatic N) is 3. The van der Waals surface area contributed by atoms with E-state index in [1.54, 1.807) is 6.92 Å². The van der Waals surface area contributed by atoms with Crippen molar-refractivity contribution < 1.29 is 17.7 Å². The number of carbonyl (C=O) groups excluding carboxylic acids is 1. The molecule has 3 rings (SSSR count). The second-order valence-corrected chi connectivity index (χ2v) is 7.49. The lowest BCUT2D eigenvalue weighted by atomic mass is 10.2. The maximum absolute atomic E-state index is 12.4. The lowest BCUT2D eigenvalue weighted by Gasteiger charge is -2.15. The SMILES string of the molecule is Cc1noc(CNC(=O)c2ccc(S(=O)(=O)N3CCCC3)cc2)n1. The fraction of sp³-hybridized carbons (Fsp3) is 0.400. The van der Waals surface area contributed by atoms with Gasteiger partial charge in [0.2, 0.25) is 15.9 Å². The number of carbonyl (C=O) groups is 1. The van der Waals surface area contributed by atoms with Crippen molar-refractivity contribution in [2.45, 2.75) is 31.2 Å². The van der Waals surface area contributed by atoms with Gasteiger partial charge in [-0.1, -0.05) is 5.16 Å². The van der Waals surface area contributed by atoms with Crippen molar-refractivity contribution in [3.63, 3.8) is 0 Å². The zero-order chi connectivity index (χ0) is 17.2. The number of sulfonamides is 1. The van der Waals surface area contributed by atoms with E-state index in [2.05, 4.69) is 15.5 Å². The molecular weight excluding hydrogens is 332 g/mol. The number of hydrogen-bond donors (Lipinski definition) is 1. The molecular formula is C15H18N4O4S. The van der Waals surface area contributed by atoms with Gasteiger partial charge in [-0.05, 0) is 44.0 Å². The number of nitrogens with one attached hydrogen (secondary N) is 1. The minimum Gasteiger partial charge on any atom is -0.343 e. The summed E-state index contributed by atoms with van der Waals surface area (Å²) < 4.78 is 31.2. The highest BCUT2D eigenvalue weighted by molar-refractivity contribution is 7.89. The van der Waals surface area contributed by atoms with Crippen molar-refractivity contribution in [1.29, 1.82) is 0 Å². The van der Waals surface area contributed by atoms with Crippen molar-refractivity contribution in [2.24, 2.45) is 0 Å². The number of benzene rings is 1. The van der Waals surface area contributed by atoms with Crippen molar-refractivity contribution >= 4 is 15.9 Å². The molecule has 8 nitrogen and oxygen atoms in total. The molecule has 1 aliphatic heterocycles. The number of aryl methyl sites for hydroxylation is 1. The van der Waals surface area contributed by atoms with Crippen molar-refractivity contribution in [1.82, 2.24) is 19.8 Å². The monoisotopic (exact) mass is 350 g/mol. The summed E-state index contributed by atoms with van der Waals surface area (Å²) in [5, 5.41) is 6.28. The van der Waals surface area contributed by atoms with Gasteiger partial charge in [-0.25, -0.2) is 8.42 Å². The third-order valence-electron chi connectivity index (χ3n) is 3.79. The normalized spacial score (nSPS) is 15.5. The van der Waals surface area contributed by atoms with E-state index in [9.17, 15) is 13.2 Å². The number of amides is 1. The van der Waals surface area contributed by atoms with Crippen LogP contribution in [-0.2, 0) is 16.6 Å². The van der Waals surface area contributed by atoms with Crippen molar-refractivity contribution in [2.75, 3.05) is 13.1 Å². The number of aromatic nitrogens is 2. The summed E-state index contributed by atoms with van der Waals surface area (Å²) in [5.41, 5.74) is 0.367. The molecule has 1 amide bonds. The van der Waals surface area contributed by atoms with Crippen LogP contribution in [0.3, 0.4) is 0 Å². The van der Waals surface area contributed by atoms with Crippen LogP contribution in [0.1, 0.15) is 34.9 Å². The molecule has 24 heavy (non-hydrogen) atoms. The Kier molecular flexibility index (Phi) is 4.63. The Morgan fingerprint density at radius 2 is 1.92 bits per heavy atom. The highest BCUT2D eigenvalue weighted by atomic mass is 32.2. The molecule has 1 fully saturated rings. The van der Waals surface area contributed by atoms with E-state index in [-0.39, 0.29) is 17.3 Å². The van der Waals surface area contributed by atoms with Crippen LogP contribution in [0, 0.1) is 6.92 Å². The van der Waals surface area contributed by atoms with Crippen LogP contribution in [-0.4, -0.2) is 41.9 Å². The molecule has 9 heteroatoms. The predicted octanol–water partition coefficient (Wildman–Crippen LogP) is 1.09. The van der Waals surface area contributed by atoms with Crippen LogP contribution >= 0.6 is 0 Å². The first kappa shape index (κ1) is 16.6. The maximum Gasteiger partial charge on any atom is 0.251 e. The van der Waals surface area contributed by atoms with Gasteiger partial charge >= 0.3 is 0 Å². The summed E-state index contributed by atoms with van der Waals surface area (Å²) in [6, 6.07) is 5.91. The lowest BCUT2D eigenvalue weighted by molar-refractivity contribution is 0.0946. The Balaban J connectivity index is 1.66. The minimum absolute atomic E-state index is 0.119. The fourth-order valence-electron chi connectivity index (χ4n) is 2.53. The average Bonchev–Trinajstić information content (AvgIpc) is 3.24. The Bertz CT molecular complexity index is 823. The molecule has 0 atom stereocenters. The molecule has 1 N–H and O–H groups in total. The zero-order valence-corrected chi connectivity index (χ0v) is 14.0. The molecule has 128 valence electrons. The smallest absolute Gasteiger partial charge is 0.251 e. The molecule has 1 saturated heterocycles. The van der Waals surface area contributed by atoms with E-state index in [1.807, 2.05) is 0 Å². The van der Waals surface area contributed by atoms with Gasteiger partial charge in [0.05, 0.1) is 11.4 Å². The van der Waals surface area contributed by atoms with E-state index in [1.165, 1.54) is 28.6 Å². The molecule has 0 saturated carbocycles. The lowest BCUT2D eigenvalue weighted by Crippen LogP contribution is -2.28. The molecule has 1 aromatic heterocycles. The first-order valence-electron chi connectivity index (χ1n) is 7.64. The third-order valence-corrected chi connectivity index (χ3v) is 5.70. The molecule has 1 aromatic carbocycles. The Labute approximate surface area is 139 Å². The molecule has 0 radical (unpaired) electrons. The quantitative estimate of drug-likeness (QED) is 0.865. The Morgan fingerprint density at radius 1 is 1.25 bits per heavy atom. The Morgan fingerprint density at radius 3 is 2.50 bits per heavy atom. The van der Waals surface area contributed by atoms with E-state index in [4.69, 9.17) is 4.52 Å². The van der Waals surface area contributed by atoms with Gasteiger partial charge < -0.3 is 9.84 Å². The first-order chi connectivity index (χ1) is 11.5. The van der Waals surface area contributed by atoms with E-state index in [0.717, 1.165) is 12.8 Å². The second kappa shape index (κ2) is 6.70. The van der Waals surface area contributed by atoms with Gasteiger partial charge in [0.1, 0.15) is 0 Å². The van der Waals surface area contributed by atoms with Gasteiger partial charge in [-0.15, -0.1) is 0 Å². The maximum atomic E-state index is 12.4. The van der Waals surface area contributed by atoms with E-state index >= 15 is 0 Å². The van der Waals surface area contributed by atoms with Crippen molar-refractivity contribution in [3.05, 3.63) is 41.5 Å². The van der Waals surface area contributed by atoms with Gasteiger partial charge in [0.25, 0.3) is 5.91 Å². The van der Waals surface area contributed by atoms with E-state index in [0.29, 0.717) is 30.4 Å². The Hall–Kier alpha value is -2.26. The van der Waals surface area contributed by atoms with Gasteiger partial charge in [0.15, 0.2) is 5.82 Å². The summed E-state index contributed by atoms with van der Waals surface area (Å²) in [7, 11) is -3.47. The summed E-state index contributed by atoms with van der Waals surface area (Å²) in [5.74, 6) is 0.473.